The summed E-state index contributed by atoms with van der Waals surface area (Å²) >= 11 is 5.88. The molecule has 0 saturated heterocycles. The van der Waals surface area contributed by atoms with Gasteiger partial charge in [0, 0.05) is 48.2 Å². The summed E-state index contributed by atoms with van der Waals surface area (Å²) in [5.74, 6) is 7.88. The van der Waals surface area contributed by atoms with Crippen molar-refractivity contribution in [2.24, 2.45) is 0 Å². The van der Waals surface area contributed by atoms with Gasteiger partial charge >= 0.3 is 0 Å². The topological polar surface area (TPSA) is 81.2 Å². The molecule has 3 aromatic rings. The van der Waals surface area contributed by atoms with Crippen LogP contribution in [0.25, 0.3) is 11.0 Å². The highest BCUT2D eigenvalue weighted by atomic mass is 35.5. The molecule has 0 aliphatic carbocycles. The average Bonchev–Trinajstić information content (AvgIpc) is 2.99. The number of hydrogen-bond acceptors (Lipinski definition) is 6. The third-order valence-corrected chi connectivity index (χ3v) is 5.80. The lowest BCUT2D eigenvalue weighted by Gasteiger charge is -2.24. The van der Waals surface area contributed by atoms with Gasteiger partial charge in [0.05, 0.1) is 10.7 Å². The Balaban J connectivity index is 0.00000126. The number of nitrogens with one attached hydrogen (secondary N) is 1. The first kappa shape index (κ1) is 22.9. The van der Waals surface area contributed by atoms with E-state index in [2.05, 4.69) is 22.9 Å². The number of aromatic nitrogens is 3. The van der Waals surface area contributed by atoms with Crippen LogP contribution in [0, 0.1) is 0 Å². The fourth-order valence-electron chi connectivity index (χ4n) is 4.00. The average molecular weight is 465 g/mol. The summed E-state index contributed by atoms with van der Waals surface area (Å²) in [6.07, 6.45) is 9.14. The fraction of sp³-hybridized carbons (Fsp3) is 0.280. The SMILES string of the molecule is C=C1C=C(OCc2ccc(Cl)cn2)C=CN1c1ccc2c3c(n(N)c2n1)CCNCC3.CC. The van der Waals surface area contributed by atoms with Crippen molar-refractivity contribution in [3.63, 3.8) is 0 Å². The molecule has 0 bridgehead atoms. The lowest BCUT2D eigenvalue weighted by Crippen LogP contribution is -2.20. The zero-order chi connectivity index (χ0) is 23.4. The summed E-state index contributed by atoms with van der Waals surface area (Å²) in [7, 11) is 0. The van der Waals surface area contributed by atoms with E-state index in [0.29, 0.717) is 17.4 Å². The number of pyridine rings is 2. The highest BCUT2D eigenvalue weighted by Gasteiger charge is 2.21. The van der Waals surface area contributed by atoms with E-state index < -0.39 is 0 Å². The summed E-state index contributed by atoms with van der Waals surface area (Å²) in [6, 6.07) is 7.75. The highest BCUT2D eigenvalue weighted by molar-refractivity contribution is 6.30. The third-order valence-electron chi connectivity index (χ3n) is 5.57. The molecular weight excluding hydrogens is 436 g/mol. The van der Waals surface area contributed by atoms with Crippen molar-refractivity contribution in [2.75, 3.05) is 23.8 Å². The van der Waals surface area contributed by atoms with Crippen LogP contribution in [0.3, 0.4) is 0 Å². The standard InChI is InChI=1S/C23H23ClN6O.C2H6/c1-15-12-18(31-14-17-3-2-16(24)13-27-17)8-11-29(15)22-5-4-20-19-6-9-26-10-7-21(19)30(25)23(20)28-22;1-2/h2-5,8,11-13,26H,1,6-7,9-10,14,25H2;1-2H3. The molecule has 5 heterocycles. The monoisotopic (exact) mass is 464 g/mol. The van der Waals surface area contributed by atoms with Gasteiger partial charge in [-0.15, -0.1) is 0 Å². The Kier molecular flexibility index (Phi) is 7.01. The minimum Gasteiger partial charge on any atom is -0.487 e. The van der Waals surface area contributed by atoms with Crippen LogP contribution in [0.5, 0.6) is 0 Å². The van der Waals surface area contributed by atoms with Gasteiger partial charge in [0.15, 0.2) is 5.65 Å². The van der Waals surface area contributed by atoms with Crippen molar-refractivity contribution in [1.29, 1.82) is 0 Å². The van der Waals surface area contributed by atoms with Crippen molar-refractivity contribution < 1.29 is 4.74 Å². The van der Waals surface area contributed by atoms with Crippen LogP contribution in [0.1, 0.15) is 30.8 Å². The predicted octanol–water partition coefficient (Wildman–Crippen LogP) is 4.46. The molecule has 8 heteroatoms. The number of halogens is 1. The van der Waals surface area contributed by atoms with Crippen LogP contribution < -0.4 is 16.1 Å². The molecule has 0 unspecified atom stereocenters. The van der Waals surface area contributed by atoms with Gasteiger partial charge in [-0.2, -0.15) is 0 Å². The Morgan fingerprint density at radius 3 is 2.76 bits per heavy atom. The molecule has 0 spiro atoms. The number of nitrogens with zero attached hydrogens (tertiary/aromatic N) is 4. The van der Waals surface area contributed by atoms with E-state index in [1.54, 1.807) is 16.9 Å². The van der Waals surface area contributed by atoms with E-state index in [1.165, 1.54) is 5.56 Å². The van der Waals surface area contributed by atoms with Crippen molar-refractivity contribution >= 4 is 28.5 Å². The number of anilines is 1. The molecule has 5 rings (SSSR count). The first-order valence-electron chi connectivity index (χ1n) is 11.2. The summed E-state index contributed by atoms with van der Waals surface area (Å²) < 4.78 is 7.59. The molecule has 0 atom stereocenters. The Labute approximate surface area is 199 Å². The third kappa shape index (κ3) is 4.74. The van der Waals surface area contributed by atoms with E-state index in [1.807, 2.05) is 49.2 Å². The molecule has 2 aliphatic heterocycles. The predicted molar refractivity (Wildman–Crippen MR) is 134 cm³/mol. The maximum absolute atomic E-state index is 6.41. The molecule has 0 fully saturated rings. The second-order valence-corrected chi connectivity index (χ2v) is 8.00. The maximum atomic E-state index is 6.41. The maximum Gasteiger partial charge on any atom is 0.161 e. The molecule has 0 amide bonds. The fourth-order valence-corrected chi connectivity index (χ4v) is 4.12. The van der Waals surface area contributed by atoms with Gasteiger partial charge in [-0.25, -0.2) is 9.66 Å². The molecule has 7 nitrogen and oxygen atoms in total. The number of fused-ring (bicyclic) bond motifs is 3. The van der Waals surface area contributed by atoms with Crippen LogP contribution >= 0.6 is 11.6 Å². The van der Waals surface area contributed by atoms with Gasteiger partial charge in [-0.3, -0.25) is 4.98 Å². The number of nitrogens with two attached hydrogens (primary N) is 1. The van der Waals surface area contributed by atoms with Crippen molar-refractivity contribution in [1.82, 2.24) is 20.0 Å². The molecule has 172 valence electrons. The highest BCUT2D eigenvalue weighted by Crippen LogP contribution is 2.30. The van der Waals surface area contributed by atoms with Crippen molar-refractivity contribution in [2.45, 2.75) is 33.3 Å². The largest absolute Gasteiger partial charge is 0.487 e. The van der Waals surface area contributed by atoms with Crippen LogP contribution in [-0.4, -0.2) is 27.7 Å². The van der Waals surface area contributed by atoms with Crippen molar-refractivity contribution in [3.05, 3.63) is 88.8 Å². The number of nitrogen functional groups attached to an aromatic ring is 1. The molecule has 3 aromatic heterocycles. The number of rotatable bonds is 4. The summed E-state index contributed by atoms with van der Waals surface area (Å²) in [5.41, 5.74) is 4.81. The van der Waals surface area contributed by atoms with E-state index in [4.69, 9.17) is 27.2 Å². The number of hydrogen-bond donors (Lipinski definition) is 2. The summed E-state index contributed by atoms with van der Waals surface area (Å²) in [4.78, 5) is 11.0. The molecule has 0 saturated carbocycles. The van der Waals surface area contributed by atoms with Crippen LogP contribution in [0.2, 0.25) is 5.02 Å². The number of allylic oxidation sites excluding steroid dienone is 2. The molecular formula is C25H29ClN6O. The molecule has 33 heavy (non-hydrogen) atoms. The van der Waals surface area contributed by atoms with Gasteiger partial charge in [0.2, 0.25) is 0 Å². The smallest absolute Gasteiger partial charge is 0.161 e. The normalized spacial score (nSPS) is 15.4. The van der Waals surface area contributed by atoms with Gasteiger partial charge in [-0.05, 0) is 48.9 Å². The number of ether oxygens (including phenoxy) is 1. The van der Waals surface area contributed by atoms with E-state index in [9.17, 15) is 0 Å². The molecule has 2 aliphatic rings. The zero-order valence-electron chi connectivity index (χ0n) is 19.0. The van der Waals surface area contributed by atoms with Gasteiger partial charge in [-0.1, -0.05) is 32.0 Å². The first-order valence-corrected chi connectivity index (χ1v) is 11.6. The van der Waals surface area contributed by atoms with E-state index in [0.717, 1.165) is 59.9 Å². The van der Waals surface area contributed by atoms with Gasteiger partial charge in [0.25, 0.3) is 0 Å². The molecule has 3 N–H and O–H groups in total. The van der Waals surface area contributed by atoms with Gasteiger partial charge < -0.3 is 20.8 Å². The van der Waals surface area contributed by atoms with Crippen molar-refractivity contribution in [3.8, 4) is 0 Å². The van der Waals surface area contributed by atoms with Crippen LogP contribution in [-0.2, 0) is 24.2 Å². The lowest BCUT2D eigenvalue weighted by molar-refractivity contribution is 0.206. The Bertz CT molecular complexity index is 1210. The lowest BCUT2D eigenvalue weighted by atomic mass is 10.1. The van der Waals surface area contributed by atoms with Gasteiger partial charge in [0.1, 0.15) is 18.2 Å². The second-order valence-electron chi connectivity index (χ2n) is 7.57. The van der Waals surface area contributed by atoms with Crippen LogP contribution in [0.15, 0.2) is 66.8 Å². The quantitative estimate of drug-likeness (QED) is 0.555. The minimum atomic E-state index is 0.353. The zero-order valence-corrected chi connectivity index (χ0v) is 19.8. The summed E-state index contributed by atoms with van der Waals surface area (Å²) in [5, 5.41) is 5.14. The molecule has 0 radical (unpaired) electrons. The molecule has 0 aromatic carbocycles. The van der Waals surface area contributed by atoms with E-state index >= 15 is 0 Å². The second kappa shape index (κ2) is 10.1. The minimum absolute atomic E-state index is 0.353. The first-order chi connectivity index (χ1) is 16.1. The Hall–Kier alpha value is -3.29. The Morgan fingerprint density at radius 2 is 2.00 bits per heavy atom. The Morgan fingerprint density at radius 1 is 1.18 bits per heavy atom. The van der Waals surface area contributed by atoms with E-state index in [-0.39, 0.29) is 0 Å². The van der Waals surface area contributed by atoms with Crippen LogP contribution in [0.4, 0.5) is 5.82 Å². The summed E-state index contributed by atoms with van der Waals surface area (Å²) in [6.45, 7) is 10.4.